The summed E-state index contributed by atoms with van der Waals surface area (Å²) in [7, 11) is 1.44. The van der Waals surface area contributed by atoms with Crippen LogP contribution in [0.3, 0.4) is 0 Å². The lowest BCUT2D eigenvalue weighted by molar-refractivity contribution is -0.152. The lowest BCUT2D eigenvalue weighted by Crippen LogP contribution is -2.32. The summed E-state index contributed by atoms with van der Waals surface area (Å²) in [5, 5.41) is 0. The van der Waals surface area contributed by atoms with Gasteiger partial charge in [-0.15, -0.1) is 0 Å². The van der Waals surface area contributed by atoms with Crippen molar-refractivity contribution in [2.45, 2.75) is 19.4 Å². The largest absolute Gasteiger partial charge is 0.469 e. The van der Waals surface area contributed by atoms with E-state index in [0.717, 1.165) is 16.8 Å². The number of esters is 1. The monoisotopic (exact) mass is 293 g/mol. The summed E-state index contributed by atoms with van der Waals surface area (Å²) in [6, 6.07) is 19.8. The molecule has 0 aromatic heterocycles. The van der Waals surface area contributed by atoms with E-state index in [9.17, 15) is 4.79 Å². The van der Waals surface area contributed by atoms with Crippen LogP contribution in [0.15, 0.2) is 65.7 Å². The molecule has 22 heavy (non-hydrogen) atoms. The highest BCUT2D eigenvalue weighted by Crippen LogP contribution is 2.47. The Morgan fingerprint density at radius 2 is 1.68 bits per heavy atom. The fourth-order valence-corrected chi connectivity index (χ4v) is 3.09. The first-order chi connectivity index (χ1) is 10.6. The number of hydrogen-bond acceptors (Lipinski definition) is 3. The molecule has 3 rings (SSSR count). The Balaban J connectivity index is 2.05. The standard InChI is InChI=1S/C19H19NO2/c1-19(18(21)22-2)13-16(14-9-5-3-6-10-14)20-17(19)15-11-7-4-8-12-15/h3-12,17H,13H2,1-2H3/t17-,19-/m1/s1. The molecule has 1 heterocycles. The number of carbonyl (C=O) groups is 1. The third-order valence-electron chi connectivity index (χ3n) is 4.30. The summed E-state index contributed by atoms with van der Waals surface area (Å²) < 4.78 is 5.06. The van der Waals surface area contributed by atoms with Crippen molar-refractivity contribution in [3.05, 3.63) is 71.8 Å². The van der Waals surface area contributed by atoms with Crippen molar-refractivity contribution in [3.63, 3.8) is 0 Å². The summed E-state index contributed by atoms with van der Waals surface area (Å²) >= 11 is 0. The van der Waals surface area contributed by atoms with Gasteiger partial charge in [0.2, 0.25) is 0 Å². The maximum absolute atomic E-state index is 12.4. The Bertz CT molecular complexity index is 694. The van der Waals surface area contributed by atoms with Gasteiger partial charge in [-0.1, -0.05) is 60.7 Å². The topological polar surface area (TPSA) is 38.7 Å². The number of hydrogen-bond donors (Lipinski definition) is 0. The van der Waals surface area contributed by atoms with Crippen molar-refractivity contribution in [2.24, 2.45) is 10.4 Å². The van der Waals surface area contributed by atoms with Crippen LogP contribution in [0.2, 0.25) is 0 Å². The van der Waals surface area contributed by atoms with E-state index in [4.69, 9.17) is 9.73 Å². The zero-order valence-electron chi connectivity index (χ0n) is 12.8. The number of nitrogens with zero attached hydrogens (tertiary/aromatic N) is 1. The molecule has 0 saturated carbocycles. The Labute approximate surface area is 130 Å². The van der Waals surface area contributed by atoms with Gasteiger partial charge in [-0.2, -0.15) is 0 Å². The highest BCUT2D eigenvalue weighted by molar-refractivity contribution is 6.05. The Hall–Kier alpha value is -2.42. The first-order valence-electron chi connectivity index (χ1n) is 7.40. The normalized spacial score (nSPS) is 23.9. The number of benzene rings is 2. The van der Waals surface area contributed by atoms with Crippen LogP contribution in [-0.4, -0.2) is 18.8 Å². The van der Waals surface area contributed by atoms with E-state index in [1.54, 1.807) is 0 Å². The Kier molecular flexibility index (Phi) is 3.80. The van der Waals surface area contributed by atoms with Crippen molar-refractivity contribution in [2.75, 3.05) is 7.11 Å². The highest BCUT2D eigenvalue weighted by atomic mass is 16.5. The van der Waals surface area contributed by atoms with Crippen LogP contribution >= 0.6 is 0 Å². The van der Waals surface area contributed by atoms with E-state index in [2.05, 4.69) is 0 Å². The molecular weight excluding hydrogens is 274 g/mol. The van der Waals surface area contributed by atoms with E-state index in [-0.39, 0.29) is 12.0 Å². The van der Waals surface area contributed by atoms with E-state index >= 15 is 0 Å². The molecule has 0 saturated heterocycles. The van der Waals surface area contributed by atoms with E-state index in [0.29, 0.717) is 6.42 Å². The molecule has 1 aliphatic heterocycles. The van der Waals surface area contributed by atoms with Gasteiger partial charge in [0.25, 0.3) is 0 Å². The third-order valence-corrected chi connectivity index (χ3v) is 4.30. The Morgan fingerprint density at radius 1 is 1.09 bits per heavy atom. The second-order valence-electron chi connectivity index (χ2n) is 5.84. The van der Waals surface area contributed by atoms with E-state index in [1.807, 2.05) is 67.6 Å². The highest BCUT2D eigenvalue weighted by Gasteiger charge is 2.48. The fourth-order valence-electron chi connectivity index (χ4n) is 3.09. The van der Waals surface area contributed by atoms with Gasteiger partial charge in [0.05, 0.1) is 18.6 Å². The van der Waals surface area contributed by atoms with E-state index < -0.39 is 5.41 Å². The molecule has 0 amide bonds. The number of rotatable bonds is 3. The molecule has 112 valence electrons. The molecule has 2 aromatic carbocycles. The predicted octanol–water partition coefficient (Wildman–Crippen LogP) is 3.80. The Morgan fingerprint density at radius 3 is 2.27 bits per heavy atom. The van der Waals surface area contributed by atoms with Crippen LogP contribution in [0.4, 0.5) is 0 Å². The minimum Gasteiger partial charge on any atom is -0.469 e. The summed E-state index contributed by atoms with van der Waals surface area (Å²) in [5.41, 5.74) is 2.40. The predicted molar refractivity (Wildman–Crippen MR) is 86.9 cm³/mol. The molecule has 0 aliphatic carbocycles. The maximum Gasteiger partial charge on any atom is 0.314 e. The van der Waals surface area contributed by atoms with Gasteiger partial charge in [0, 0.05) is 12.1 Å². The molecule has 0 fully saturated rings. The third kappa shape index (κ3) is 2.43. The summed E-state index contributed by atoms with van der Waals surface area (Å²) in [4.78, 5) is 17.3. The van der Waals surface area contributed by atoms with Crippen molar-refractivity contribution in [3.8, 4) is 0 Å². The van der Waals surface area contributed by atoms with Crippen molar-refractivity contribution < 1.29 is 9.53 Å². The van der Waals surface area contributed by atoms with Crippen molar-refractivity contribution >= 4 is 11.7 Å². The maximum atomic E-state index is 12.4. The molecular formula is C19H19NO2. The molecule has 3 nitrogen and oxygen atoms in total. The van der Waals surface area contributed by atoms with Gasteiger partial charge in [-0.25, -0.2) is 0 Å². The minimum atomic E-state index is -0.665. The van der Waals surface area contributed by atoms with Crippen LogP contribution in [0.1, 0.15) is 30.5 Å². The molecule has 2 aromatic rings. The number of aliphatic imine (C=N–C) groups is 1. The zero-order chi connectivity index (χ0) is 15.6. The van der Waals surface area contributed by atoms with Crippen molar-refractivity contribution in [1.82, 2.24) is 0 Å². The molecule has 1 aliphatic rings. The van der Waals surface area contributed by atoms with Gasteiger partial charge in [0.15, 0.2) is 0 Å². The van der Waals surface area contributed by atoms with Gasteiger partial charge in [0.1, 0.15) is 0 Å². The lowest BCUT2D eigenvalue weighted by atomic mass is 9.77. The molecule has 0 bridgehead atoms. The van der Waals surface area contributed by atoms with Gasteiger partial charge >= 0.3 is 5.97 Å². The number of carbonyl (C=O) groups excluding carboxylic acids is 1. The first-order valence-corrected chi connectivity index (χ1v) is 7.40. The van der Waals surface area contributed by atoms with Crippen LogP contribution in [0.5, 0.6) is 0 Å². The molecule has 0 unspecified atom stereocenters. The first kappa shape index (κ1) is 14.5. The van der Waals surface area contributed by atoms with Gasteiger partial charge < -0.3 is 4.74 Å². The van der Waals surface area contributed by atoms with Crippen LogP contribution in [0.25, 0.3) is 0 Å². The SMILES string of the molecule is COC(=O)[C@]1(C)CC(c2ccccc2)=N[C@@H]1c1ccccc1. The molecule has 3 heteroatoms. The minimum absolute atomic E-state index is 0.212. The van der Waals surface area contributed by atoms with Crippen molar-refractivity contribution in [1.29, 1.82) is 0 Å². The lowest BCUT2D eigenvalue weighted by Gasteiger charge is -2.27. The summed E-state index contributed by atoms with van der Waals surface area (Å²) in [6.07, 6.45) is 0.587. The van der Waals surface area contributed by atoms with Gasteiger partial charge in [-0.05, 0) is 18.1 Å². The fraction of sp³-hybridized carbons (Fsp3) is 0.263. The zero-order valence-corrected chi connectivity index (χ0v) is 12.8. The average molecular weight is 293 g/mol. The molecule has 0 spiro atoms. The summed E-state index contributed by atoms with van der Waals surface area (Å²) in [6.45, 7) is 1.94. The molecule has 0 radical (unpaired) electrons. The molecule has 2 atom stereocenters. The second-order valence-corrected chi connectivity index (χ2v) is 5.84. The molecule has 0 N–H and O–H groups in total. The average Bonchev–Trinajstić information content (AvgIpc) is 2.95. The van der Waals surface area contributed by atoms with Gasteiger partial charge in [-0.3, -0.25) is 9.79 Å². The van der Waals surface area contributed by atoms with Crippen LogP contribution in [-0.2, 0) is 9.53 Å². The van der Waals surface area contributed by atoms with Crippen LogP contribution < -0.4 is 0 Å². The smallest absolute Gasteiger partial charge is 0.314 e. The van der Waals surface area contributed by atoms with E-state index in [1.165, 1.54) is 7.11 Å². The second kappa shape index (κ2) is 5.76. The quantitative estimate of drug-likeness (QED) is 0.807. The number of ether oxygens (including phenoxy) is 1. The number of methoxy groups -OCH3 is 1. The van der Waals surface area contributed by atoms with Crippen LogP contribution in [0, 0.1) is 5.41 Å². The summed E-state index contributed by atoms with van der Waals surface area (Å²) in [5.74, 6) is -0.212.